The lowest BCUT2D eigenvalue weighted by Crippen LogP contribution is -2.36. The van der Waals surface area contributed by atoms with Crippen LogP contribution in [0.25, 0.3) is 0 Å². The van der Waals surface area contributed by atoms with Crippen molar-refractivity contribution >= 4 is 34.8 Å². The SMILES string of the molecule is COC1=C(Cl)CC2C(=C1)C(CC(=O)O)=C(C)N2C(=O)c1ccc(C)s1. The summed E-state index contributed by atoms with van der Waals surface area (Å²) in [6.07, 6.45) is 2.02. The van der Waals surface area contributed by atoms with Gasteiger partial charge in [0.1, 0.15) is 5.76 Å². The summed E-state index contributed by atoms with van der Waals surface area (Å²) < 4.78 is 5.28. The molecule has 0 fully saturated rings. The second-order valence-corrected chi connectivity index (χ2v) is 7.76. The third-order valence-corrected chi connectivity index (χ3v) is 5.79. The van der Waals surface area contributed by atoms with E-state index < -0.39 is 5.97 Å². The number of carboxylic acid groups (broad SMARTS) is 1. The summed E-state index contributed by atoms with van der Waals surface area (Å²) in [6, 6.07) is 3.41. The third kappa shape index (κ3) is 3.12. The number of halogens is 1. The van der Waals surface area contributed by atoms with Crippen molar-refractivity contribution in [2.45, 2.75) is 32.7 Å². The fourth-order valence-electron chi connectivity index (χ4n) is 3.32. The number of fused-ring (bicyclic) bond motifs is 1. The molecule has 1 aromatic heterocycles. The van der Waals surface area contributed by atoms with Gasteiger partial charge < -0.3 is 14.7 Å². The molecule has 2 heterocycles. The Balaban J connectivity index is 2.06. The number of thiophene rings is 1. The number of carboxylic acids is 1. The zero-order valence-corrected chi connectivity index (χ0v) is 15.7. The molecular formula is C18H18ClNO4S. The van der Waals surface area contributed by atoms with Crippen molar-refractivity contribution in [3.8, 4) is 0 Å². The minimum atomic E-state index is -0.935. The number of aryl methyl sites for hydroxylation is 1. The summed E-state index contributed by atoms with van der Waals surface area (Å²) in [4.78, 5) is 27.7. The smallest absolute Gasteiger partial charge is 0.307 e. The second kappa shape index (κ2) is 6.69. The molecule has 0 radical (unpaired) electrons. The van der Waals surface area contributed by atoms with E-state index in [0.29, 0.717) is 33.4 Å². The molecule has 7 heteroatoms. The number of carbonyl (C=O) groups excluding carboxylic acids is 1. The molecular weight excluding hydrogens is 362 g/mol. The van der Waals surface area contributed by atoms with Crippen LogP contribution in [-0.4, -0.2) is 35.0 Å². The second-order valence-electron chi connectivity index (χ2n) is 6.01. The molecule has 3 rings (SSSR count). The highest BCUT2D eigenvalue weighted by Crippen LogP contribution is 2.44. The number of amides is 1. The van der Waals surface area contributed by atoms with Crippen LogP contribution < -0.4 is 0 Å². The van der Waals surface area contributed by atoms with E-state index in [2.05, 4.69) is 0 Å². The van der Waals surface area contributed by atoms with E-state index >= 15 is 0 Å². The van der Waals surface area contributed by atoms with Crippen LogP contribution in [0.2, 0.25) is 0 Å². The third-order valence-electron chi connectivity index (χ3n) is 4.46. The van der Waals surface area contributed by atoms with Crippen LogP contribution in [0, 0.1) is 6.92 Å². The summed E-state index contributed by atoms with van der Waals surface area (Å²) in [6.45, 7) is 3.73. The van der Waals surface area contributed by atoms with Crippen LogP contribution in [0.5, 0.6) is 0 Å². The minimum Gasteiger partial charge on any atom is -0.496 e. The molecule has 2 aliphatic rings. The molecule has 1 unspecified atom stereocenters. The van der Waals surface area contributed by atoms with Crippen LogP contribution >= 0.6 is 22.9 Å². The average molecular weight is 380 g/mol. The van der Waals surface area contributed by atoms with Gasteiger partial charge in [0.15, 0.2) is 0 Å². The van der Waals surface area contributed by atoms with E-state index in [1.165, 1.54) is 18.4 Å². The summed E-state index contributed by atoms with van der Waals surface area (Å²) in [5.74, 6) is -0.544. The molecule has 132 valence electrons. The van der Waals surface area contributed by atoms with Crippen molar-refractivity contribution in [1.82, 2.24) is 4.90 Å². The molecule has 1 N–H and O–H groups in total. The molecule has 0 bridgehead atoms. The summed E-state index contributed by atoms with van der Waals surface area (Å²) in [7, 11) is 1.52. The Labute approximate surface area is 154 Å². The van der Waals surface area contributed by atoms with Gasteiger partial charge in [0, 0.05) is 17.0 Å². The van der Waals surface area contributed by atoms with Crippen LogP contribution in [0.4, 0.5) is 0 Å². The highest BCUT2D eigenvalue weighted by atomic mass is 35.5. The summed E-state index contributed by atoms with van der Waals surface area (Å²) in [5.41, 5.74) is 2.11. The van der Waals surface area contributed by atoms with E-state index in [1.54, 1.807) is 24.0 Å². The van der Waals surface area contributed by atoms with Crippen LogP contribution in [0.3, 0.4) is 0 Å². The fourth-order valence-corrected chi connectivity index (χ4v) is 4.40. The van der Waals surface area contributed by atoms with E-state index in [9.17, 15) is 14.7 Å². The number of hydrogen-bond acceptors (Lipinski definition) is 4. The normalized spacial score (nSPS) is 19.9. The number of carbonyl (C=O) groups is 2. The number of aliphatic carboxylic acids is 1. The zero-order chi connectivity index (χ0) is 18.3. The van der Waals surface area contributed by atoms with Gasteiger partial charge in [-0.05, 0) is 43.2 Å². The first kappa shape index (κ1) is 17.8. The molecule has 1 aromatic rings. The summed E-state index contributed by atoms with van der Waals surface area (Å²) >= 11 is 7.74. The van der Waals surface area contributed by atoms with Crippen molar-refractivity contribution in [2.75, 3.05) is 7.11 Å². The lowest BCUT2D eigenvalue weighted by atomic mass is 9.92. The molecule has 1 amide bonds. The van der Waals surface area contributed by atoms with Crippen LogP contribution in [0.15, 0.2) is 45.8 Å². The zero-order valence-electron chi connectivity index (χ0n) is 14.1. The van der Waals surface area contributed by atoms with E-state index in [1.807, 2.05) is 13.0 Å². The highest BCUT2D eigenvalue weighted by Gasteiger charge is 2.41. The highest BCUT2D eigenvalue weighted by molar-refractivity contribution is 7.13. The van der Waals surface area contributed by atoms with E-state index in [-0.39, 0.29) is 18.4 Å². The number of nitrogens with zero attached hydrogens (tertiary/aromatic N) is 1. The predicted molar refractivity (Wildman–Crippen MR) is 96.6 cm³/mol. The Morgan fingerprint density at radius 1 is 1.40 bits per heavy atom. The van der Waals surface area contributed by atoms with Gasteiger partial charge in [0.25, 0.3) is 5.91 Å². The maximum Gasteiger partial charge on any atom is 0.307 e. The average Bonchev–Trinajstić information content (AvgIpc) is 3.08. The number of rotatable bonds is 4. The van der Waals surface area contributed by atoms with Gasteiger partial charge in [0.05, 0.1) is 29.5 Å². The molecule has 0 saturated carbocycles. The van der Waals surface area contributed by atoms with Gasteiger partial charge in [-0.25, -0.2) is 0 Å². The first-order chi connectivity index (χ1) is 11.8. The minimum absolute atomic E-state index is 0.128. The molecule has 1 aliphatic carbocycles. The number of allylic oxidation sites excluding steroid dienone is 2. The first-order valence-corrected chi connectivity index (χ1v) is 8.99. The quantitative estimate of drug-likeness (QED) is 0.856. The van der Waals surface area contributed by atoms with Crippen LogP contribution in [0.1, 0.15) is 34.3 Å². The molecule has 1 aliphatic heterocycles. The van der Waals surface area contributed by atoms with Gasteiger partial charge in [-0.3, -0.25) is 9.59 Å². The Kier molecular flexibility index (Phi) is 4.75. The van der Waals surface area contributed by atoms with Gasteiger partial charge in [-0.15, -0.1) is 11.3 Å². The van der Waals surface area contributed by atoms with Crippen molar-refractivity contribution in [3.05, 3.63) is 55.6 Å². The van der Waals surface area contributed by atoms with Gasteiger partial charge in [-0.2, -0.15) is 0 Å². The Morgan fingerprint density at radius 2 is 2.12 bits per heavy atom. The Hall–Kier alpha value is -2.05. The lowest BCUT2D eigenvalue weighted by molar-refractivity contribution is -0.136. The van der Waals surface area contributed by atoms with Gasteiger partial charge >= 0.3 is 5.97 Å². The van der Waals surface area contributed by atoms with Crippen molar-refractivity contribution in [3.63, 3.8) is 0 Å². The maximum atomic E-state index is 13.1. The topological polar surface area (TPSA) is 66.8 Å². The van der Waals surface area contributed by atoms with Gasteiger partial charge in [-0.1, -0.05) is 11.6 Å². The lowest BCUT2D eigenvalue weighted by Gasteiger charge is -2.29. The molecule has 1 atom stereocenters. The molecule has 0 aromatic carbocycles. The predicted octanol–water partition coefficient (Wildman–Crippen LogP) is 4.06. The van der Waals surface area contributed by atoms with E-state index in [0.717, 1.165) is 10.5 Å². The standard InChI is InChI=1S/C18H18ClNO4S/c1-9-4-5-16(25-9)18(23)20-10(2)11(7-17(21)22)12-6-15(24-3)13(19)8-14(12)20/h4-6,14H,7-8H2,1-3H3,(H,21,22). The number of ether oxygens (including phenoxy) is 1. The Morgan fingerprint density at radius 3 is 2.68 bits per heavy atom. The summed E-state index contributed by atoms with van der Waals surface area (Å²) in [5, 5.41) is 9.80. The molecule has 25 heavy (non-hydrogen) atoms. The Bertz CT molecular complexity index is 849. The number of hydrogen-bond donors (Lipinski definition) is 1. The molecule has 0 saturated heterocycles. The monoisotopic (exact) mass is 379 g/mol. The largest absolute Gasteiger partial charge is 0.496 e. The van der Waals surface area contributed by atoms with Crippen molar-refractivity contribution < 1.29 is 19.4 Å². The first-order valence-electron chi connectivity index (χ1n) is 7.79. The molecule has 0 spiro atoms. The van der Waals surface area contributed by atoms with Crippen LogP contribution in [-0.2, 0) is 9.53 Å². The van der Waals surface area contributed by atoms with E-state index in [4.69, 9.17) is 16.3 Å². The van der Waals surface area contributed by atoms with Gasteiger partial charge in [0.2, 0.25) is 0 Å². The molecule has 5 nitrogen and oxygen atoms in total. The number of methoxy groups -OCH3 is 1. The van der Waals surface area contributed by atoms with Crippen molar-refractivity contribution in [2.24, 2.45) is 0 Å². The van der Waals surface area contributed by atoms with Crippen molar-refractivity contribution in [1.29, 1.82) is 0 Å². The maximum absolute atomic E-state index is 13.1. The fraction of sp³-hybridized carbons (Fsp3) is 0.333.